The lowest BCUT2D eigenvalue weighted by Crippen LogP contribution is -2.57. The van der Waals surface area contributed by atoms with E-state index in [0.717, 1.165) is 11.8 Å². The topological polar surface area (TPSA) is 119 Å². The van der Waals surface area contributed by atoms with Crippen LogP contribution in [0.25, 0.3) is 0 Å². The largest absolute Gasteiger partial charge is 0.394 e. The standard InChI is InChI=1S/C14H19NO6S/c16-6-9-11(18)12(19)13(20)14(21-9)22-7-10(17)15-8-4-2-1-3-5-8/h1-5,9,11-14,16,18-20H,6-7H2,(H,15,17)/t9-,11-,12+,13-,14+/m0/s1. The number of aliphatic hydroxyl groups is 4. The Labute approximate surface area is 131 Å². The number of benzene rings is 1. The highest BCUT2D eigenvalue weighted by atomic mass is 32.2. The highest BCUT2D eigenvalue weighted by Crippen LogP contribution is 2.28. The molecule has 0 spiro atoms. The maximum atomic E-state index is 11.8. The van der Waals surface area contributed by atoms with Crippen molar-refractivity contribution >= 4 is 23.4 Å². The Morgan fingerprint density at radius 1 is 1.14 bits per heavy atom. The number of hydrogen-bond acceptors (Lipinski definition) is 7. The second kappa shape index (κ2) is 7.91. The fourth-order valence-electron chi connectivity index (χ4n) is 2.08. The van der Waals surface area contributed by atoms with E-state index in [-0.39, 0.29) is 11.7 Å². The van der Waals surface area contributed by atoms with Gasteiger partial charge < -0.3 is 30.5 Å². The molecule has 1 amide bonds. The van der Waals surface area contributed by atoms with Crippen LogP contribution in [-0.4, -0.2) is 68.5 Å². The third kappa shape index (κ3) is 4.19. The zero-order valence-electron chi connectivity index (χ0n) is 11.7. The molecule has 0 aliphatic carbocycles. The summed E-state index contributed by atoms with van der Waals surface area (Å²) >= 11 is 0.991. The number of aliphatic hydroxyl groups excluding tert-OH is 4. The molecule has 0 aromatic heterocycles. The normalized spacial score (nSPS) is 31.7. The van der Waals surface area contributed by atoms with Gasteiger partial charge in [0.05, 0.1) is 12.4 Å². The monoisotopic (exact) mass is 329 g/mol. The Kier molecular flexibility index (Phi) is 6.18. The number of rotatable bonds is 5. The molecule has 5 atom stereocenters. The molecule has 8 heteroatoms. The molecule has 122 valence electrons. The maximum Gasteiger partial charge on any atom is 0.234 e. The molecule has 1 aromatic carbocycles. The van der Waals surface area contributed by atoms with Crippen LogP contribution in [0.3, 0.4) is 0 Å². The Morgan fingerprint density at radius 2 is 1.82 bits per heavy atom. The summed E-state index contributed by atoms with van der Waals surface area (Å²) in [7, 11) is 0. The van der Waals surface area contributed by atoms with Gasteiger partial charge >= 0.3 is 0 Å². The van der Waals surface area contributed by atoms with Gasteiger partial charge in [0.15, 0.2) is 0 Å². The first kappa shape index (κ1) is 17.2. The molecular formula is C14H19NO6S. The van der Waals surface area contributed by atoms with E-state index in [1.807, 2.05) is 6.07 Å². The molecule has 1 saturated heterocycles. The van der Waals surface area contributed by atoms with Gasteiger partial charge in [-0.1, -0.05) is 18.2 Å². The van der Waals surface area contributed by atoms with Gasteiger partial charge in [-0.05, 0) is 12.1 Å². The number of carbonyl (C=O) groups excluding carboxylic acids is 1. The van der Waals surface area contributed by atoms with Gasteiger partial charge in [-0.25, -0.2) is 0 Å². The first-order valence-electron chi connectivity index (χ1n) is 6.80. The van der Waals surface area contributed by atoms with Crippen LogP contribution in [0, 0.1) is 0 Å². The van der Waals surface area contributed by atoms with Gasteiger partial charge in [-0.3, -0.25) is 4.79 Å². The van der Waals surface area contributed by atoms with Crippen molar-refractivity contribution in [2.45, 2.75) is 29.9 Å². The average molecular weight is 329 g/mol. The van der Waals surface area contributed by atoms with E-state index in [0.29, 0.717) is 5.69 Å². The lowest BCUT2D eigenvalue weighted by molar-refractivity contribution is -0.205. The van der Waals surface area contributed by atoms with Crippen LogP contribution < -0.4 is 5.32 Å². The van der Waals surface area contributed by atoms with E-state index in [4.69, 9.17) is 9.84 Å². The maximum absolute atomic E-state index is 11.8. The van der Waals surface area contributed by atoms with Crippen LogP contribution in [0.15, 0.2) is 30.3 Å². The van der Waals surface area contributed by atoms with Crippen molar-refractivity contribution in [2.24, 2.45) is 0 Å². The van der Waals surface area contributed by atoms with E-state index in [1.54, 1.807) is 24.3 Å². The van der Waals surface area contributed by atoms with E-state index in [1.165, 1.54) is 0 Å². The number of hydrogen-bond donors (Lipinski definition) is 5. The molecule has 1 aliphatic heterocycles. The minimum atomic E-state index is -1.43. The number of carbonyl (C=O) groups is 1. The molecule has 2 rings (SSSR count). The Bertz CT molecular complexity index is 485. The number of thioether (sulfide) groups is 1. The van der Waals surface area contributed by atoms with Crippen molar-refractivity contribution in [3.63, 3.8) is 0 Å². The minimum absolute atomic E-state index is 0.00240. The van der Waals surface area contributed by atoms with Gasteiger partial charge in [0, 0.05) is 5.69 Å². The highest BCUT2D eigenvalue weighted by molar-refractivity contribution is 8.00. The summed E-state index contributed by atoms with van der Waals surface area (Å²) in [6, 6.07) is 8.91. The quantitative estimate of drug-likeness (QED) is 0.478. The first-order chi connectivity index (χ1) is 10.5. The average Bonchev–Trinajstić information content (AvgIpc) is 2.53. The van der Waals surface area contributed by atoms with E-state index < -0.39 is 36.5 Å². The smallest absolute Gasteiger partial charge is 0.234 e. The lowest BCUT2D eigenvalue weighted by atomic mass is 10.0. The second-order valence-corrected chi connectivity index (χ2v) is 6.01. The molecule has 1 heterocycles. The summed E-state index contributed by atoms with van der Waals surface area (Å²) in [4.78, 5) is 11.8. The number of nitrogens with one attached hydrogen (secondary N) is 1. The molecular weight excluding hydrogens is 310 g/mol. The molecule has 7 nitrogen and oxygen atoms in total. The van der Waals surface area contributed by atoms with Crippen molar-refractivity contribution in [3.05, 3.63) is 30.3 Å². The van der Waals surface area contributed by atoms with Crippen molar-refractivity contribution in [1.29, 1.82) is 0 Å². The van der Waals surface area contributed by atoms with Crippen LogP contribution in [0.5, 0.6) is 0 Å². The third-order valence-corrected chi connectivity index (χ3v) is 4.43. The molecule has 1 aromatic rings. The van der Waals surface area contributed by atoms with Gasteiger partial charge in [0.2, 0.25) is 5.91 Å². The molecule has 0 bridgehead atoms. The zero-order valence-corrected chi connectivity index (χ0v) is 12.5. The summed E-state index contributed by atoms with van der Waals surface area (Å²) < 4.78 is 5.30. The Hall–Kier alpha value is -1.16. The predicted molar refractivity (Wildman–Crippen MR) is 81.3 cm³/mol. The van der Waals surface area contributed by atoms with Gasteiger partial charge in [0.1, 0.15) is 29.9 Å². The van der Waals surface area contributed by atoms with Crippen LogP contribution in [-0.2, 0) is 9.53 Å². The zero-order chi connectivity index (χ0) is 16.1. The SMILES string of the molecule is O=C(CS[C@H]1O[C@@H](CO)[C@H](O)[C@@H](O)[C@@H]1O)Nc1ccccc1. The summed E-state index contributed by atoms with van der Waals surface area (Å²) in [6.07, 6.45) is -5.13. The highest BCUT2D eigenvalue weighted by Gasteiger charge is 2.43. The molecule has 0 radical (unpaired) electrons. The number of anilines is 1. The molecule has 1 aliphatic rings. The van der Waals surface area contributed by atoms with Crippen molar-refractivity contribution in [1.82, 2.24) is 0 Å². The number of amides is 1. The fourth-order valence-corrected chi connectivity index (χ4v) is 3.05. The van der Waals surface area contributed by atoms with E-state index in [9.17, 15) is 20.1 Å². The Morgan fingerprint density at radius 3 is 2.45 bits per heavy atom. The van der Waals surface area contributed by atoms with Crippen LogP contribution >= 0.6 is 11.8 Å². The first-order valence-corrected chi connectivity index (χ1v) is 7.85. The fraction of sp³-hybridized carbons (Fsp3) is 0.500. The molecule has 22 heavy (non-hydrogen) atoms. The molecule has 5 N–H and O–H groups in total. The summed E-state index contributed by atoms with van der Waals surface area (Å²) in [6.45, 7) is -0.488. The lowest BCUT2D eigenvalue weighted by Gasteiger charge is -2.39. The number of ether oxygens (including phenoxy) is 1. The molecule has 0 unspecified atom stereocenters. The van der Waals surface area contributed by atoms with Crippen molar-refractivity contribution in [2.75, 3.05) is 17.7 Å². The van der Waals surface area contributed by atoms with Crippen LogP contribution in [0.1, 0.15) is 0 Å². The van der Waals surface area contributed by atoms with Gasteiger partial charge in [-0.15, -0.1) is 11.8 Å². The number of para-hydroxylation sites is 1. The molecule has 0 saturated carbocycles. The second-order valence-electron chi connectivity index (χ2n) is 4.92. The van der Waals surface area contributed by atoms with E-state index >= 15 is 0 Å². The van der Waals surface area contributed by atoms with Crippen molar-refractivity contribution in [3.8, 4) is 0 Å². The van der Waals surface area contributed by atoms with Gasteiger partial charge in [-0.2, -0.15) is 0 Å². The summed E-state index contributed by atoms with van der Waals surface area (Å²) in [5.41, 5.74) is -0.251. The van der Waals surface area contributed by atoms with Crippen LogP contribution in [0.4, 0.5) is 5.69 Å². The van der Waals surface area contributed by atoms with E-state index in [2.05, 4.69) is 5.32 Å². The summed E-state index contributed by atoms with van der Waals surface area (Å²) in [5, 5.41) is 41.0. The predicted octanol–water partition coefficient (Wildman–Crippen LogP) is -0.842. The van der Waals surface area contributed by atoms with Gasteiger partial charge in [0.25, 0.3) is 0 Å². The summed E-state index contributed by atoms with van der Waals surface area (Å²) in [5.74, 6) is -0.287. The van der Waals surface area contributed by atoms with Crippen LogP contribution in [0.2, 0.25) is 0 Å². The third-order valence-electron chi connectivity index (χ3n) is 3.28. The minimum Gasteiger partial charge on any atom is -0.394 e. The molecule has 1 fully saturated rings. The Balaban J connectivity index is 1.86. The van der Waals surface area contributed by atoms with Crippen molar-refractivity contribution < 1.29 is 30.0 Å².